The third-order valence-corrected chi connectivity index (χ3v) is 2.43. The molecule has 0 aromatic carbocycles. The zero-order valence-corrected chi connectivity index (χ0v) is 7.12. The first kappa shape index (κ1) is 9.10. The van der Waals surface area contributed by atoms with Gasteiger partial charge in [0.1, 0.15) is 0 Å². The van der Waals surface area contributed by atoms with Crippen LogP contribution in [0, 0.1) is 5.92 Å². The third kappa shape index (κ3) is 2.57. The quantitative estimate of drug-likeness (QED) is 0.621. The zero-order chi connectivity index (χ0) is 8.97. The highest BCUT2D eigenvalue weighted by molar-refractivity contribution is 5.64. The van der Waals surface area contributed by atoms with Crippen LogP contribution >= 0.6 is 0 Å². The van der Waals surface area contributed by atoms with Crippen LogP contribution in [0.3, 0.4) is 0 Å². The van der Waals surface area contributed by atoms with Crippen molar-refractivity contribution in [1.29, 1.82) is 0 Å². The summed E-state index contributed by atoms with van der Waals surface area (Å²) >= 11 is 0. The van der Waals surface area contributed by atoms with E-state index in [2.05, 4.69) is 11.9 Å². The minimum absolute atomic E-state index is 0.165. The average molecular weight is 169 g/mol. The van der Waals surface area contributed by atoms with Gasteiger partial charge in [-0.1, -0.05) is 6.08 Å². The summed E-state index contributed by atoms with van der Waals surface area (Å²) in [5, 5.41) is 11.0. The number of allylic oxidation sites excluding steroid dienone is 1. The summed E-state index contributed by atoms with van der Waals surface area (Å²) in [5.74, 6) is 0.594. The molecule has 0 aromatic heterocycles. The molecule has 0 unspecified atom stereocenters. The second kappa shape index (κ2) is 4.14. The Morgan fingerprint density at radius 3 is 2.42 bits per heavy atom. The van der Waals surface area contributed by atoms with Gasteiger partial charge in [-0.15, -0.1) is 6.58 Å². The van der Waals surface area contributed by atoms with Gasteiger partial charge in [-0.25, -0.2) is 4.79 Å². The van der Waals surface area contributed by atoms with Crippen LogP contribution in [0.25, 0.3) is 0 Å². The molecular weight excluding hydrogens is 154 g/mol. The molecule has 0 radical (unpaired) electrons. The van der Waals surface area contributed by atoms with E-state index >= 15 is 0 Å². The molecule has 1 saturated carbocycles. The number of carbonyl (C=O) groups is 1. The first-order valence-electron chi connectivity index (χ1n) is 4.34. The lowest BCUT2D eigenvalue weighted by Gasteiger charge is -2.26. The summed E-state index contributed by atoms with van der Waals surface area (Å²) in [6.45, 7) is 3.73. The molecule has 2 N–H and O–H groups in total. The van der Waals surface area contributed by atoms with Crippen molar-refractivity contribution in [2.45, 2.75) is 31.7 Å². The minimum Gasteiger partial charge on any atom is -0.465 e. The van der Waals surface area contributed by atoms with Crippen LogP contribution in [0.2, 0.25) is 0 Å². The van der Waals surface area contributed by atoms with Crippen LogP contribution in [0.1, 0.15) is 25.7 Å². The Balaban J connectivity index is 2.26. The van der Waals surface area contributed by atoms with Crippen molar-refractivity contribution in [3.63, 3.8) is 0 Å². The largest absolute Gasteiger partial charge is 0.465 e. The maximum Gasteiger partial charge on any atom is 0.404 e. The molecule has 0 heterocycles. The van der Waals surface area contributed by atoms with Crippen LogP contribution in [-0.2, 0) is 0 Å². The van der Waals surface area contributed by atoms with Crippen LogP contribution in [-0.4, -0.2) is 17.2 Å². The first-order chi connectivity index (χ1) is 5.72. The highest BCUT2D eigenvalue weighted by Gasteiger charge is 2.19. The van der Waals surface area contributed by atoms with Gasteiger partial charge in [-0.05, 0) is 31.6 Å². The van der Waals surface area contributed by atoms with Crippen molar-refractivity contribution in [3.05, 3.63) is 12.7 Å². The topological polar surface area (TPSA) is 49.3 Å². The van der Waals surface area contributed by atoms with Gasteiger partial charge < -0.3 is 10.4 Å². The van der Waals surface area contributed by atoms with Crippen molar-refractivity contribution >= 4 is 6.09 Å². The van der Waals surface area contributed by atoms with E-state index in [9.17, 15) is 4.79 Å². The van der Waals surface area contributed by atoms with E-state index in [4.69, 9.17) is 5.11 Å². The molecule has 0 atom stereocenters. The summed E-state index contributed by atoms with van der Waals surface area (Å²) < 4.78 is 0. The second-order valence-corrected chi connectivity index (χ2v) is 3.30. The van der Waals surface area contributed by atoms with Crippen molar-refractivity contribution in [2.75, 3.05) is 0 Å². The number of amides is 1. The Labute approximate surface area is 72.5 Å². The lowest BCUT2D eigenvalue weighted by molar-refractivity contribution is 0.184. The molecule has 0 saturated heterocycles. The Bertz CT molecular complexity index is 171. The molecule has 0 aromatic rings. The molecule has 3 nitrogen and oxygen atoms in total. The van der Waals surface area contributed by atoms with Crippen LogP contribution in [0.4, 0.5) is 4.79 Å². The van der Waals surface area contributed by atoms with Crippen LogP contribution in [0.15, 0.2) is 12.7 Å². The molecule has 68 valence electrons. The van der Waals surface area contributed by atoms with Gasteiger partial charge in [0.2, 0.25) is 0 Å². The predicted octanol–water partition coefficient (Wildman–Crippen LogP) is 2.00. The second-order valence-electron chi connectivity index (χ2n) is 3.30. The average Bonchev–Trinajstić information content (AvgIpc) is 2.05. The molecule has 1 aliphatic rings. The van der Waals surface area contributed by atoms with Gasteiger partial charge in [0, 0.05) is 6.04 Å². The maximum atomic E-state index is 10.3. The molecular formula is C9H15NO2. The summed E-state index contributed by atoms with van der Waals surface area (Å²) in [6.07, 6.45) is 5.09. The van der Waals surface area contributed by atoms with Gasteiger partial charge in [0.25, 0.3) is 0 Å². The molecule has 1 aliphatic carbocycles. The minimum atomic E-state index is -0.906. The summed E-state index contributed by atoms with van der Waals surface area (Å²) in [4.78, 5) is 10.3. The number of hydrogen-bond donors (Lipinski definition) is 2. The Morgan fingerprint density at radius 1 is 1.42 bits per heavy atom. The molecule has 1 fully saturated rings. The molecule has 3 heteroatoms. The smallest absolute Gasteiger partial charge is 0.404 e. The Kier molecular flexibility index (Phi) is 3.14. The Morgan fingerprint density at radius 2 is 2.00 bits per heavy atom. The lowest BCUT2D eigenvalue weighted by atomic mass is 9.86. The van der Waals surface area contributed by atoms with Crippen molar-refractivity contribution in [3.8, 4) is 0 Å². The zero-order valence-electron chi connectivity index (χ0n) is 7.12. The van der Waals surface area contributed by atoms with E-state index < -0.39 is 6.09 Å². The predicted molar refractivity (Wildman–Crippen MR) is 47.1 cm³/mol. The molecule has 0 spiro atoms. The highest BCUT2D eigenvalue weighted by Crippen LogP contribution is 2.24. The van der Waals surface area contributed by atoms with E-state index in [0.29, 0.717) is 5.92 Å². The van der Waals surface area contributed by atoms with Crippen molar-refractivity contribution < 1.29 is 9.90 Å². The van der Waals surface area contributed by atoms with E-state index in [0.717, 1.165) is 25.7 Å². The van der Waals surface area contributed by atoms with E-state index in [1.165, 1.54) is 0 Å². The number of carboxylic acid groups (broad SMARTS) is 1. The lowest BCUT2D eigenvalue weighted by Crippen LogP contribution is -2.36. The summed E-state index contributed by atoms with van der Waals surface area (Å²) in [6, 6.07) is 0.165. The number of nitrogens with one attached hydrogen (secondary N) is 1. The molecule has 12 heavy (non-hydrogen) atoms. The highest BCUT2D eigenvalue weighted by atomic mass is 16.4. The SMILES string of the molecule is C=CC1CCC(NC(=O)O)CC1. The van der Waals surface area contributed by atoms with Gasteiger partial charge >= 0.3 is 6.09 Å². The molecule has 0 bridgehead atoms. The van der Waals surface area contributed by atoms with Gasteiger partial charge in [0.15, 0.2) is 0 Å². The number of rotatable bonds is 2. The van der Waals surface area contributed by atoms with Crippen molar-refractivity contribution in [1.82, 2.24) is 5.32 Å². The summed E-state index contributed by atoms with van der Waals surface area (Å²) in [7, 11) is 0. The van der Waals surface area contributed by atoms with Gasteiger partial charge in [-0.3, -0.25) is 0 Å². The van der Waals surface area contributed by atoms with Crippen LogP contribution in [0.5, 0.6) is 0 Å². The fourth-order valence-corrected chi connectivity index (χ4v) is 1.67. The fraction of sp³-hybridized carbons (Fsp3) is 0.667. The first-order valence-corrected chi connectivity index (χ1v) is 4.34. The monoisotopic (exact) mass is 169 g/mol. The van der Waals surface area contributed by atoms with Crippen LogP contribution < -0.4 is 5.32 Å². The standard InChI is InChI=1S/C9H15NO2/c1-2-7-3-5-8(6-4-7)10-9(11)12/h2,7-8,10H,1,3-6H2,(H,11,12). The summed E-state index contributed by atoms with van der Waals surface area (Å²) in [5.41, 5.74) is 0. The number of hydrogen-bond acceptors (Lipinski definition) is 1. The molecule has 1 amide bonds. The van der Waals surface area contributed by atoms with E-state index in [1.807, 2.05) is 6.08 Å². The third-order valence-electron chi connectivity index (χ3n) is 2.43. The van der Waals surface area contributed by atoms with E-state index in [1.54, 1.807) is 0 Å². The van der Waals surface area contributed by atoms with Gasteiger partial charge in [0.05, 0.1) is 0 Å². The normalized spacial score (nSPS) is 29.3. The fourth-order valence-electron chi connectivity index (χ4n) is 1.67. The molecule has 1 rings (SSSR count). The van der Waals surface area contributed by atoms with E-state index in [-0.39, 0.29) is 6.04 Å². The van der Waals surface area contributed by atoms with Gasteiger partial charge in [-0.2, -0.15) is 0 Å². The molecule has 0 aliphatic heterocycles. The maximum absolute atomic E-state index is 10.3. The van der Waals surface area contributed by atoms with Crippen molar-refractivity contribution in [2.24, 2.45) is 5.92 Å². The Hall–Kier alpha value is -0.990.